The highest BCUT2D eigenvalue weighted by atomic mass is 16.2. The van der Waals surface area contributed by atoms with Crippen molar-refractivity contribution < 1.29 is 4.79 Å². The Morgan fingerprint density at radius 1 is 1.40 bits per heavy atom. The Balaban J connectivity index is 1.79. The number of fused-ring (bicyclic) bond motifs is 1. The van der Waals surface area contributed by atoms with E-state index >= 15 is 0 Å². The summed E-state index contributed by atoms with van der Waals surface area (Å²) in [5, 5.41) is 0. The Bertz CT molecular complexity index is 504. The second kappa shape index (κ2) is 5.40. The number of nitrogen functional groups attached to an aromatic ring is 1. The quantitative estimate of drug-likeness (QED) is 0.840. The molecule has 0 aromatic carbocycles. The summed E-state index contributed by atoms with van der Waals surface area (Å²) in [4.78, 5) is 21.2. The molecule has 0 radical (unpaired) electrons. The highest BCUT2D eigenvalue weighted by molar-refractivity contribution is 5.99. The first-order chi connectivity index (χ1) is 9.66. The lowest BCUT2D eigenvalue weighted by molar-refractivity contribution is 0.0152. The number of piperazine rings is 1. The van der Waals surface area contributed by atoms with Crippen LogP contribution in [-0.2, 0) is 0 Å². The molecule has 2 unspecified atom stereocenters. The summed E-state index contributed by atoms with van der Waals surface area (Å²) < 4.78 is 0. The molecule has 0 spiro atoms. The third-order valence-electron chi connectivity index (χ3n) is 4.53. The van der Waals surface area contributed by atoms with E-state index < -0.39 is 0 Å². The topological polar surface area (TPSA) is 62.5 Å². The summed E-state index contributed by atoms with van der Waals surface area (Å²) in [7, 11) is 0. The Kier molecular flexibility index (Phi) is 3.61. The van der Waals surface area contributed by atoms with E-state index in [-0.39, 0.29) is 11.9 Å². The molecule has 0 saturated carbocycles. The van der Waals surface area contributed by atoms with Crippen molar-refractivity contribution in [3.63, 3.8) is 0 Å². The van der Waals surface area contributed by atoms with Gasteiger partial charge in [0.2, 0.25) is 0 Å². The van der Waals surface area contributed by atoms with Gasteiger partial charge in [0.15, 0.2) is 0 Å². The van der Waals surface area contributed by atoms with E-state index in [1.54, 1.807) is 18.5 Å². The van der Waals surface area contributed by atoms with E-state index in [0.717, 1.165) is 13.1 Å². The SMILES string of the molecule is CC1CN2CCCCC2CN1C(=O)c1cnccc1N. The minimum absolute atomic E-state index is 0.0216. The molecular formula is C15H22N4O. The Hall–Kier alpha value is -1.62. The minimum Gasteiger partial charge on any atom is -0.398 e. The predicted molar refractivity (Wildman–Crippen MR) is 78.4 cm³/mol. The van der Waals surface area contributed by atoms with Gasteiger partial charge in [-0.15, -0.1) is 0 Å². The highest BCUT2D eigenvalue weighted by Crippen LogP contribution is 2.25. The molecule has 5 heteroatoms. The Morgan fingerprint density at radius 2 is 2.25 bits per heavy atom. The third kappa shape index (κ3) is 2.38. The standard InChI is InChI=1S/C15H22N4O/c1-11-9-18-7-3-2-4-12(18)10-19(11)15(20)13-8-17-6-5-14(13)16/h5-6,8,11-12H,2-4,7,9-10H2,1H3,(H2,16,17). The lowest BCUT2D eigenvalue weighted by atomic mass is 9.96. The van der Waals surface area contributed by atoms with E-state index in [9.17, 15) is 4.79 Å². The normalized spacial score (nSPS) is 27.1. The number of carbonyl (C=O) groups is 1. The average molecular weight is 274 g/mol. The number of nitrogens with two attached hydrogens (primary N) is 1. The average Bonchev–Trinajstić information content (AvgIpc) is 2.46. The van der Waals surface area contributed by atoms with Crippen LogP contribution in [0.4, 0.5) is 5.69 Å². The van der Waals surface area contributed by atoms with Crippen LogP contribution in [0.1, 0.15) is 36.5 Å². The van der Waals surface area contributed by atoms with Gasteiger partial charge < -0.3 is 10.6 Å². The first-order valence-corrected chi connectivity index (χ1v) is 7.41. The number of hydrogen-bond donors (Lipinski definition) is 1. The molecule has 2 N–H and O–H groups in total. The van der Waals surface area contributed by atoms with Crippen LogP contribution in [-0.4, -0.2) is 52.4 Å². The number of aromatic nitrogens is 1. The number of nitrogens with zero attached hydrogens (tertiary/aromatic N) is 3. The van der Waals surface area contributed by atoms with Crippen molar-refractivity contribution in [2.75, 3.05) is 25.4 Å². The molecule has 5 nitrogen and oxygen atoms in total. The zero-order valence-corrected chi connectivity index (χ0v) is 12.0. The number of anilines is 1. The molecule has 20 heavy (non-hydrogen) atoms. The fourth-order valence-corrected chi connectivity index (χ4v) is 3.37. The molecule has 3 rings (SSSR count). The van der Waals surface area contributed by atoms with Crippen molar-refractivity contribution in [3.8, 4) is 0 Å². The molecular weight excluding hydrogens is 252 g/mol. The van der Waals surface area contributed by atoms with Crippen LogP contribution < -0.4 is 5.73 Å². The van der Waals surface area contributed by atoms with Crippen molar-refractivity contribution in [1.29, 1.82) is 0 Å². The van der Waals surface area contributed by atoms with Gasteiger partial charge in [0.25, 0.3) is 5.91 Å². The molecule has 2 aliphatic rings. The summed E-state index contributed by atoms with van der Waals surface area (Å²) in [5.74, 6) is 0.0216. The van der Waals surface area contributed by atoms with Crippen molar-refractivity contribution in [2.24, 2.45) is 0 Å². The predicted octanol–water partition coefficient (Wildman–Crippen LogP) is 1.36. The highest BCUT2D eigenvalue weighted by Gasteiger charge is 2.35. The second-order valence-electron chi connectivity index (χ2n) is 5.91. The molecule has 2 saturated heterocycles. The monoisotopic (exact) mass is 274 g/mol. The van der Waals surface area contributed by atoms with Crippen LogP contribution in [0.2, 0.25) is 0 Å². The number of rotatable bonds is 1. The van der Waals surface area contributed by atoms with Gasteiger partial charge >= 0.3 is 0 Å². The van der Waals surface area contributed by atoms with E-state index in [4.69, 9.17) is 5.73 Å². The largest absolute Gasteiger partial charge is 0.398 e. The zero-order valence-electron chi connectivity index (χ0n) is 12.0. The van der Waals surface area contributed by atoms with Crippen LogP contribution in [0.3, 0.4) is 0 Å². The van der Waals surface area contributed by atoms with E-state index in [1.165, 1.54) is 25.8 Å². The maximum atomic E-state index is 12.7. The number of piperidine rings is 1. The summed E-state index contributed by atoms with van der Waals surface area (Å²) in [6.07, 6.45) is 6.95. The first kappa shape index (κ1) is 13.4. The van der Waals surface area contributed by atoms with Crippen LogP contribution in [0, 0.1) is 0 Å². The molecule has 2 aliphatic heterocycles. The van der Waals surface area contributed by atoms with Crippen LogP contribution in [0.5, 0.6) is 0 Å². The first-order valence-electron chi connectivity index (χ1n) is 7.41. The van der Waals surface area contributed by atoms with Gasteiger partial charge in [0, 0.05) is 43.3 Å². The summed E-state index contributed by atoms with van der Waals surface area (Å²) >= 11 is 0. The lowest BCUT2D eigenvalue weighted by Gasteiger charge is -2.47. The maximum absolute atomic E-state index is 12.7. The van der Waals surface area contributed by atoms with Gasteiger partial charge in [0.05, 0.1) is 5.56 Å². The molecule has 2 atom stereocenters. The fraction of sp³-hybridized carbons (Fsp3) is 0.600. The van der Waals surface area contributed by atoms with Gasteiger partial charge in [-0.2, -0.15) is 0 Å². The summed E-state index contributed by atoms with van der Waals surface area (Å²) in [5.41, 5.74) is 6.96. The molecule has 1 aromatic rings. The van der Waals surface area contributed by atoms with Gasteiger partial charge in [0.1, 0.15) is 0 Å². The number of pyridine rings is 1. The fourth-order valence-electron chi connectivity index (χ4n) is 3.37. The molecule has 0 bridgehead atoms. The van der Waals surface area contributed by atoms with Crippen molar-refractivity contribution >= 4 is 11.6 Å². The summed E-state index contributed by atoms with van der Waals surface area (Å²) in [6, 6.07) is 2.44. The van der Waals surface area contributed by atoms with Gasteiger partial charge in [-0.05, 0) is 32.4 Å². The van der Waals surface area contributed by atoms with Crippen LogP contribution in [0.15, 0.2) is 18.5 Å². The number of amides is 1. The van der Waals surface area contributed by atoms with Crippen molar-refractivity contribution in [2.45, 2.75) is 38.3 Å². The molecule has 2 fully saturated rings. The van der Waals surface area contributed by atoms with Gasteiger partial charge in [-0.1, -0.05) is 6.42 Å². The second-order valence-corrected chi connectivity index (χ2v) is 5.91. The Labute approximate surface area is 119 Å². The van der Waals surface area contributed by atoms with E-state index in [0.29, 0.717) is 17.3 Å². The van der Waals surface area contributed by atoms with Crippen molar-refractivity contribution in [3.05, 3.63) is 24.0 Å². The van der Waals surface area contributed by atoms with Gasteiger partial charge in [-0.25, -0.2) is 0 Å². The lowest BCUT2D eigenvalue weighted by Crippen LogP contribution is -2.60. The molecule has 0 aliphatic carbocycles. The molecule has 108 valence electrons. The minimum atomic E-state index is 0.0216. The number of carbonyl (C=O) groups excluding carboxylic acids is 1. The third-order valence-corrected chi connectivity index (χ3v) is 4.53. The number of hydrogen-bond acceptors (Lipinski definition) is 4. The van der Waals surface area contributed by atoms with Crippen molar-refractivity contribution in [1.82, 2.24) is 14.8 Å². The van der Waals surface area contributed by atoms with Gasteiger partial charge in [-0.3, -0.25) is 14.7 Å². The van der Waals surface area contributed by atoms with E-state index in [2.05, 4.69) is 16.8 Å². The molecule has 1 aromatic heterocycles. The zero-order chi connectivity index (χ0) is 14.1. The molecule has 1 amide bonds. The summed E-state index contributed by atoms with van der Waals surface area (Å²) in [6.45, 7) is 5.08. The van der Waals surface area contributed by atoms with E-state index in [1.807, 2.05) is 4.90 Å². The smallest absolute Gasteiger partial charge is 0.257 e. The van der Waals surface area contributed by atoms with Crippen LogP contribution in [0.25, 0.3) is 0 Å². The molecule has 3 heterocycles. The Morgan fingerprint density at radius 3 is 3.05 bits per heavy atom. The van der Waals surface area contributed by atoms with Crippen LogP contribution >= 0.6 is 0 Å². The maximum Gasteiger partial charge on any atom is 0.257 e.